The monoisotopic (exact) mass is 502 g/mol. The average molecular weight is 502 g/mol. The van der Waals surface area contributed by atoms with Crippen LogP contribution in [0, 0.1) is 22.7 Å². The maximum atomic E-state index is 12.7. The van der Waals surface area contributed by atoms with Gasteiger partial charge >= 0.3 is 12.1 Å². The van der Waals surface area contributed by atoms with E-state index in [4.69, 9.17) is 15.4 Å². The van der Waals surface area contributed by atoms with Crippen molar-refractivity contribution in [3.63, 3.8) is 0 Å². The highest BCUT2D eigenvalue weighted by molar-refractivity contribution is 6.08. The van der Waals surface area contributed by atoms with Gasteiger partial charge in [0.05, 0.1) is 18.2 Å². The molecule has 0 saturated carbocycles. The summed E-state index contributed by atoms with van der Waals surface area (Å²) < 4.78 is 42.6. The minimum atomic E-state index is -5.12. The van der Waals surface area contributed by atoms with Gasteiger partial charge in [-0.15, -0.1) is 0 Å². The Balaban J connectivity index is 1.98. The Morgan fingerprint density at radius 2 is 1.61 bits per heavy atom. The molecule has 1 atom stereocenters. The number of hydrogen-bond donors (Lipinski definition) is 3. The number of amides is 2. The van der Waals surface area contributed by atoms with Crippen molar-refractivity contribution >= 4 is 23.4 Å². The predicted molar refractivity (Wildman–Crippen MR) is 125 cm³/mol. The first-order chi connectivity index (χ1) is 17.0. The molecule has 11 heteroatoms. The van der Waals surface area contributed by atoms with Gasteiger partial charge in [0.1, 0.15) is 5.84 Å². The second kappa shape index (κ2) is 13.2. The van der Waals surface area contributed by atoms with Crippen molar-refractivity contribution in [2.24, 2.45) is 5.92 Å². The van der Waals surface area contributed by atoms with Gasteiger partial charge < -0.3 is 15.4 Å². The molecule has 3 N–H and O–H groups in total. The van der Waals surface area contributed by atoms with Gasteiger partial charge in [0.25, 0.3) is 5.91 Å². The molecule has 0 bridgehead atoms. The van der Waals surface area contributed by atoms with Crippen molar-refractivity contribution in [3.05, 3.63) is 70.8 Å². The molecule has 0 radical (unpaired) electrons. The van der Waals surface area contributed by atoms with E-state index in [-0.39, 0.29) is 42.4 Å². The van der Waals surface area contributed by atoms with Crippen LogP contribution in [0.5, 0.6) is 0 Å². The van der Waals surface area contributed by atoms with Crippen LogP contribution in [-0.4, -0.2) is 49.4 Å². The van der Waals surface area contributed by atoms with Crippen LogP contribution in [0.4, 0.5) is 13.2 Å². The van der Waals surface area contributed by atoms with Crippen molar-refractivity contribution in [2.75, 3.05) is 19.8 Å². The lowest BCUT2D eigenvalue weighted by molar-refractivity contribution is -0.171. The summed E-state index contributed by atoms with van der Waals surface area (Å²) in [5.41, 5.74) is 1.05. The second-order valence-corrected chi connectivity index (χ2v) is 7.87. The zero-order chi connectivity index (χ0) is 26.7. The van der Waals surface area contributed by atoms with E-state index in [1.807, 2.05) is 13.0 Å². The van der Waals surface area contributed by atoms with Crippen LogP contribution >= 0.6 is 0 Å². The number of ketones is 1. The fraction of sp³-hybridized carbons (Fsp3) is 0.320. The minimum Gasteiger partial charge on any atom is -0.381 e. The first kappa shape index (κ1) is 28.2. The molecule has 0 aliphatic carbocycles. The van der Waals surface area contributed by atoms with Gasteiger partial charge in [0.15, 0.2) is 5.78 Å². The molecule has 2 aromatic carbocycles. The molecule has 0 spiro atoms. The van der Waals surface area contributed by atoms with Crippen molar-refractivity contribution in [1.82, 2.24) is 10.6 Å². The largest absolute Gasteiger partial charge is 0.471 e. The van der Waals surface area contributed by atoms with Gasteiger partial charge in [-0.2, -0.15) is 18.4 Å². The zero-order valence-corrected chi connectivity index (χ0v) is 19.4. The van der Waals surface area contributed by atoms with Gasteiger partial charge in [0.2, 0.25) is 0 Å². The average Bonchev–Trinajstić information content (AvgIpc) is 2.86. The Morgan fingerprint density at radius 1 is 1.03 bits per heavy atom. The van der Waals surface area contributed by atoms with E-state index in [0.29, 0.717) is 17.7 Å². The Morgan fingerprint density at radius 3 is 2.17 bits per heavy atom. The summed E-state index contributed by atoms with van der Waals surface area (Å²) in [7, 11) is 0. The molecule has 0 fully saturated rings. The number of carbonyl (C=O) groups excluding carboxylic acids is 3. The molecule has 36 heavy (non-hydrogen) atoms. The maximum Gasteiger partial charge on any atom is 0.471 e. The van der Waals surface area contributed by atoms with E-state index >= 15 is 0 Å². The summed E-state index contributed by atoms with van der Waals surface area (Å²) in [5.74, 6) is -3.99. The van der Waals surface area contributed by atoms with Gasteiger partial charge in [-0.25, -0.2) is 0 Å². The Labute approximate surface area is 206 Å². The molecular formula is C25H25F3N4O4. The number of amidine groups is 1. The fourth-order valence-electron chi connectivity index (χ4n) is 3.08. The molecule has 2 aromatic rings. The van der Waals surface area contributed by atoms with Gasteiger partial charge in [-0.1, -0.05) is 31.2 Å². The molecule has 2 amide bonds. The highest BCUT2D eigenvalue weighted by Gasteiger charge is 2.39. The van der Waals surface area contributed by atoms with Crippen LogP contribution in [0.3, 0.4) is 0 Å². The molecule has 0 heterocycles. The summed E-state index contributed by atoms with van der Waals surface area (Å²) in [6.07, 6.45) is -4.23. The summed E-state index contributed by atoms with van der Waals surface area (Å²) >= 11 is 0. The number of nitrogens with zero attached hydrogens (tertiary/aromatic N) is 1. The third kappa shape index (κ3) is 8.63. The van der Waals surface area contributed by atoms with Crippen LogP contribution < -0.4 is 10.6 Å². The molecule has 0 saturated heterocycles. The minimum absolute atomic E-state index is 0.0111. The lowest BCUT2D eigenvalue weighted by Gasteiger charge is -2.17. The number of ether oxygens (including phenoxy) is 1. The highest BCUT2D eigenvalue weighted by atomic mass is 19.4. The highest BCUT2D eigenvalue weighted by Crippen LogP contribution is 2.15. The number of rotatable bonds is 11. The molecule has 0 aliphatic rings. The van der Waals surface area contributed by atoms with E-state index in [1.54, 1.807) is 24.3 Å². The number of alkyl halides is 3. The van der Waals surface area contributed by atoms with Crippen LogP contribution in [0.25, 0.3) is 0 Å². The maximum absolute atomic E-state index is 12.7. The lowest BCUT2D eigenvalue weighted by atomic mass is 9.98. The first-order valence-corrected chi connectivity index (χ1v) is 11.0. The van der Waals surface area contributed by atoms with E-state index in [1.165, 1.54) is 29.6 Å². The van der Waals surface area contributed by atoms with E-state index in [9.17, 15) is 27.6 Å². The van der Waals surface area contributed by atoms with E-state index in [0.717, 1.165) is 6.42 Å². The van der Waals surface area contributed by atoms with Crippen LogP contribution in [0.2, 0.25) is 0 Å². The summed E-state index contributed by atoms with van der Waals surface area (Å²) in [5, 5.41) is 20.7. The van der Waals surface area contributed by atoms with Crippen molar-refractivity contribution in [1.29, 1.82) is 10.7 Å². The number of Topliss-reactive ketones (excluding diaryl/α,β-unsaturated/α-hetero) is 1. The first-order valence-electron chi connectivity index (χ1n) is 11.0. The lowest BCUT2D eigenvalue weighted by Crippen LogP contribution is -2.40. The Hall–Kier alpha value is -4.04. The molecule has 190 valence electrons. The molecule has 2 rings (SSSR count). The number of hydrogen-bond acceptors (Lipinski definition) is 6. The van der Waals surface area contributed by atoms with Gasteiger partial charge in [-0.05, 0) is 30.7 Å². The molecular weight excluding hydrogens is 477 g/mol. The van der Waals surface area contributed by atoms with Crippen LogP contribution in [0.15, 0.2) is 48.5 Å². The Bertz CT molecular complexity index is 1120. The second-order valence-electron chi connectivity index (χ2n) is 7.87. The third-order valence-corrected chi connectivity index (χ3v) is 5.00. The molecule has 8 nitrogen and oxygen atoms in total. The zero-order valence-electron chi connectivity index (χ0n) is 19.4. The number of halogens is 3. The van der Waals surface area contributed by atoms with Gasteiger partial charge in [0, 0.05) is 42.2 Å². The predicted octanol–water partition coefficient (Wildman–Crippen LogP) is 3.61. The summed E-state index contributed by atoms with van der Waals surface area (Å²) in [4.78, 5) is 36.2. The SMILES string of the molecule is CCCOCC(CNC(=O)c1ccc(C(=N)NC(=O)C(F)(F)F)cc1)CC(=O)c1ccc(C#N)cc1. The van der Waals surface area contributed by atoms with E-state index < -0.39 is 23.8 Å². The smallest absolute Gasteiger partial charge is 0.381 e. The Kier molecular flexibility index (Phi) is 10.3. The fourth-order valence-corrected chi connectivity index (χ4v) is 3.08. The van der Waals surface area contributed by atoms with Crippen LogP contribution in [-0.2, 0) is 9.53 Å². The van der Waals surface area contributed by atoms with Gasteiger partial charge in [-0.3, -0.25) is 19.8 Å². The number of nitrogens with one attached hydrogen (secondary N) is 3. The standard InChI is InChI=1S/C25H25F3N4O4/c1-2-11-36-15-17(12-21(33)18-5-3-16(13-29)4-6-18)14-31-23(34)20-9-7-19(8-10-20)22(30)32-24(35)25(26,27)28/h3-10,17H,2,11-12,14-15H2,1H3,(H,31,34)(H2,30,32,35). The van der Waals surface area contributed by atoms with Crippen molar-refractivity contribution in [3.8, 4) is 6.07 Å². The number of nitriles is 1. The topological polar surface area (TPSA) is 132 Å². The third-order valence-electron chi connectivity index (χ3n) is 5.00. The molecule has 0 aliphatic heterocycles. The quantitative estimate of drug-likeness (QED) is 0.187. The summed E-state index contributed by atoms with van der Waals surface area (Å²) in [6.45, 7) is 2.80. The van der Waals surface area contributed by atoms with Crippen molar-refractivity contribution < 1.29 is 32.3 Å². The molecule has 1 unspecified atom stereocenters. The van der Waals surface area contributed by atoms with E-state index in [2.05, 4.69) is 5.32 Å². The number of carbonyl (C=O) groups is 3. The number of benzene rings is 2. The molecule has 0 aromatic heterocycles. The van der Waals surface area contributed by atoms with Crippen LogP contribution in [0.1, 0.15) is 51.6 Å². The normalized spacial score (nSPS) is 11.8. The summed E-state index contributed by atoms with van der Waals surface area (Å²) in [6, 6.07) is 13.3. The van der Waals surface area contributed by atoms with Crippen molar-refractivity contribution in [2.45, 2.75) is 25.9 Å².